The number of benzene rings is 2. The number of nitriles is 1. The molecule has 1 aliphatic rings. The standard InChI is InChI=1S/C20H23N7O2/c21-13-15-3-1-5-17(11-15)29-18-6-2-4-16(12-18)14-26-7-9-27(10-8-26)20(28)24-19(22)25-23/h1-6,11-12H,7-10,14,23H2,(H3,22,24,25,28). The highest BCUT2D eigenvalue weighted by Crippen LogP contribution is 2.23. The quantitative estimate of drug-likeness (QED) is 0.311. The van der Waals surface area contributed by atoms with E-state index in [2.05, 4.69) is 21.4 Å². The zero-order chi connectivity index (χ0) is 20.6. The van der Waals surface area contributed by atoms with Crippen molar-refractivity contribution in [2.24, 2.45) is 16.7 Å². The Morgan fingerprint density at radius 2 is 1.83 bits per heavy atom. The van der Waals surface area contributed by atoms with Crippen LogP contribution in [-0.2, 0) is 6.54 Å². The van der Waals surface area contributed by atoms with Crippen LogP contribution >= 0.6 is 0 Å². The van der Waals surface area contributed by atoms with Crippen molar-refractivity contribution in [2.75, 3.05) is 26.2 Å². The first kappa shape index (κ1) is 20.0. The van der Waals surface area contributed by atoms with Crippen LogP contribution < -0.4 is 21.6 Å². The molecule has 0 unspecified atom stereocenters. The highest BCUT2D eigenvalue weighted by molar-refractivity contribution is 5.95. The molecular weight excluding hydrogens is 370 g/mol. The van der Waals surface area contributed by atoms with E-state index < -0.39 is 0 Å². The first-order chi connectivity index (χ1) is 14.1. The number of carbonyl (C=O) groups excluding carboxylic acids is 1. The highest BCUT2D eigenvalue weighted by atomic mass is 16.5. The summed E-state index contributed by atoms with van der Waals surface area (Å²) < 4.78 is 5.88. The predicted molar refractivity (Wildman–Crippen MR) is 109 cm³/mol. The third kappa shape index (κ3) is 5.60. The summed E-state index contributed by atoms with van der Waals surface area (Å²) in [6, 6.07) is 16.7. The second-order valence-electron chi connectivity index (χ2n) is 6.60. The zero-order valence-electron chi connectivity index (χ0n) is 15.9. The Labute approximate surface area is 169 Å². The third-order valence-corrected chi connectivity index (χ3v) is 4.54. The molecular formula is C20H23N7O2. The number of hydrogen-bond donors (Lipinski definition) is 3. The fourth-order valence-electron chi connectivity index (χ4n) is 3.06. The molecule has 150 valence electrons. The molecule has 0 bridgehead atoms. The van der Waals surface area contributed by atoms with Crippen molar-refractivity contribution < 1.29 is 9.53 Å². The molecule has 0 aliphatic carbocycles. The maximum atomic E-state index is 12.0. The summed E-state index contributed by atoms with van der Waals surface area (Å²) in [6.07, 6.45) is 0. The Balaban J connectivity index is 1.54. The van der Waals surface area contributed by atoms with E-state index in [1.807, 2.05) is 30.3 Å². The number of guanidine groups is 1. The van der Waals surface area contributed by atoms with Gasteiger partial charge in [-0.05, 0) is 35.9 Å². The van der Waals surface area contributed by atoms with Gasteiger partial charge in [-0.15, -0.1) is 5.10 Å². The van der Waals surface area contributed by atoms with Crippen LogP contribution in [-0.4, -0.2) is 48.0 Å². The lowest BCUT2D eigenvalue weighted by atomic mass is 10.2. The third-order valence-electron chi connectivity index (χ3n) is 4.54. The molecule has 0 radical (unpaired) electrons. The number of ether oxygens (including phenoxy) is 1. The van der Waals surface area contributed by atoms with Crippen molar-refractivity contribution in [3.8, 4) is 17.6 Å². The number of urea groups is 1. The lowest BCUT2D eigenvalue weighted by molar-refractivity contribution is 0.138. The summed E-state index contributed by atoms with van der Waals surface area (Å²) >= 11 is 0. The molecule has 1 heterocycles. The van der Waals surface area contributed by atoms with E-state index in [9.17, 15) is 4.79 Å². The van der Waals surface area contributed by atoms with Gasteiger partial charge in [-0.2, -0.15) is 5.26 Å². The van der Waals surface area contributed by atoms with E-state index in [-0.39, 0.29) is 12.0 Å². The van der Waals surface area contributed by atoms with E-state index in [0.29, 0.717) is 30.2 Å². The van der Waals surface area contributed by atoms with Crippen molar-refractivity contribution in [1.29, 1.82) is 5.26 Å². The smallest absolute Gasteiger partial charge is 0.324 e. The minimum absolute atomic E-state index is 0.102. The van der Waals surface area contributed by atoms with Gasteiger partial charge in [-0.3, -0.25) is 10.2 Å². The second kappa shape index (κ2) is 9.43. The van der Waals surface area contributed by atoms with Crippen molar-refractivity contribution in [1.82, 2.24) is 15.1 Å². The van der Waals surface area contributed by atoms with E-state index >= 15 is 0 Å². The molecule has 29 heavy (non-hydrogen) atoms. The van der Waals surface area contributed by atoms with Crippen LogP contribution in [0.15, 0.2) is 53.6 Å². The Morgan fingerprint density at radius 3 is 2.52 bits per heavy atom. The van der Waals surface area contributed by atoms with Gasteiger partial charge in [0.25, 0.3) is 0 Å². The number of nitrogens with zero attached hydrogens (tertiary/aromatic N) is 4. The number of carbonyl (C=O) groups is 1. The van der Waals surface area contributed by atoms with Crippen LogP contribution in [0.2, 0.25) is 0 Å². The molecule has 0 spiro atoms. The maximum Gasteiger partial charge on any atom is 0.324 e. The summed E-state index contributed by atoms with van der Waals surface area (Å²) in [6.45, 7) is 3.39. The molecule has 5 N–H and O–H groups in total. The van der Waals surface area contributed by atoms with Crippen LogP contribution in [0.25, 0.3) is 0 Å². The van der Waals surface area contributed by atoms with Gasteiger partial charge < -0.3 is 21.2 Å². The Kier molecular flexibility index (Phi) is 6.50. The Hall–Kier alpha value is -3.77. The highest BCUT2D eigenvalue weighted by Gasteiger charge is 2.21. The molecule has 0 atom stereocenters. The van der Waals surface area contributed by atoms with Crippen LogP contribution in [0.3, 0.4) is 0 Å². The van der Waals surface area contributed by atoms with Gasteiger partial charge in [0.1, 0.15) is 11.5 Å². The monoisotopic (exact) mass is 393 g/mol. The van der Waals surface area contributed by atoms with Crippen LogP contribution in [0.5, 0.6) is 11.5 Å². The van der Waals surface area contributed by atoms with Crippen molar-refractivity contribution in [2.45, 2.75) is 6.54 Å². The van der Waals surface area contributed by atoms with Gasteiger partial charge in [0, 0.05) is 32.7 Å². The summed E-state index contributed by atoms with van der Waals surface area (Å²) in [7, 11) is 0. The first-order valence-corrected chi connectivity index (χ1v) is 9.16. The average molecular weight is 393 g/mol. The lowest BCUT2D eigenvalue weighted by Gasteiger charge is -2.34. The van der Waals surface area contributed by atoms with Gasteiger partial charge >= 0.3 is 6.03 Å². The fourth-order valence-corrected chi connectivity index (χ4v) is 3.06. The molecule has 9 heteroatoms. The molecule has 9 nitrogen and oxygen atoms in total. The topological polar surface area (TPSA) is 133 Å². The van der Waals surface area contributed by atoms with E-state index in [0.717, 1.165) is 25.2 Å². The summed E-state index contributed by atoms with van der Waals surface area (Å²) in [5, 5.41) is 14.7. The lowest BCUT2D eigenvalue weighted by Crippen LogP contribution is -2.53. The average Bonchev–Trinajstić information content (AvgIpc) is 2.74. The van der Waals surface area contributed by atoms with Crippen molar-refractivity contribution in [3.05, 3.63) is 59.7 Å². The van der Waals surface area contributed by atoms with Crippen LogP contribution in [0.4, 0.5) is 4.79 Å². The normalized spacial score (nSPS) is 14.9. The Morgan fingerprint density at radius 1 is 1.14 bits per heavy atom. The van der Waals surface area contributed by atoms with Crippen molar-refractivity contribution >= 4 is 12.0 Å². The van der Waals surface area contributed by atoms with Gasteiger partial charge in [-0.1, -0.05) is 18.2 Å². The van der Waals surface area contributed by atoms with Gasteiger partial charge in [0.2, 0.25) is 5.96 Å². The molecule has 0 saturated carbocycles. The largest absolute Gasteiger partial charge is 0.457 e. The molecule has 2 aromatic rings. The fraction of sp³-hybridized carbons (Fsp3) is 0.250. The molecule has 1 saturated heterocycles. The van der Waals surface area contributed by atoms with E-state index in [1.54, 1.807) is 23.1 Å². The zero-order valence-corrected chi connectivity index (χ0v) is 15.9. The summed E-state index contributed by atoms with van der Waals surface area (Å²) in [5.41, 5.74) is 7.09. The van der Waals surface area contributed by atoms with Crippen LogP contribution in [0.1, 0.15) is 11.1 Å². The van der Waals surface area contributed by atoms with E-state index in [1.165, 1.54) is 0 Å². The number of rotatable bonds is 4. The number of piperazine rings is 1. The molecule has 1 aliphatic heterocycles. The molecule has 2 amide bonds. The summed E-state index contributed by atoms with van der Waals surface area (Å²) in [4.78, 5) is 16.0. The maximum absolute atomic E-state index is 12.0. The molecule has 0 aromatic heterocycles. The van der Waals surface area contributed by atoms with Gasteiger partial charge in [-0.25, -0.2) is 4.79 Å². The second-order valence-corrected chi connectivity index (χ2v) is 6.60. The van der Waals surface area contributed by atoms with Crippen molar-refractivity contribution in [3.63, 3.8) is 0 Å². The summed E-state index contributed by atoms with van der Waals surface area (Å²) in [5.74, 6) is 6.27. The van der Waals surface area contributed by atoms with Crippen LogP contribution in [0, 0.1) is 11.3 Å². The Bertz CT molecular complexity index is 930. The minimum atomic E-state index is -0.300. The molecule has 1 fully saturated rings. The number of hydrazone groups is 1. The molecule has 2 aromatic carbocycles. The van der Waals surface area contributed by atoms with Gasteiger partial charge in [0.05, 0.1) is 11.6 Å². The molecule has 3 rings (SSSR count). The van der Waals surface area contributed by atoms with E-state index in [4.69, 9.17) is 21.6 Å². The number of amides is 2. The minimum Gasteiger partial charge on any atom is -0.457 e. The SMILES string of the molecule is N#Cc1cccc(Oc2cccc(CN3CCN(C(=O)N/C(N)=N/N)CC3)c2)c1. The number of nitrogens with one attached hydrogen (secondary N) is 1. The number of hydrogen-bond acceptors (Lipinski definition) is 6. The first-order valence-electron chi connectivity index (χ1n) is 9.16. The van der Waals surface area contributed by atoms with Gasteiger partial charge in [0.15, 0.2) is 0 Å². The predicted octanol–water partition coefficient (Wildman–Crippen LogP) is 1.37. The number of nitrogens with two attached hydrogens (primary N) is 2.